The van der Waals surface area contributed by atoms with Crippen molar-refractivity contribution in [2.45, 2.75) is 32.1 Å². The molecule has 1 heterocycles. The summed E-state index contributed by atoms with van der Waals surface area (Å²) in [6.45, 7) is 3.07. The molecule has 2 aliphatic rings. The Morgan fingerprint density at radius 2 is 2.06 bits per heavy atom. The average Bonchev–Trinajstić information content (AvgIpc) is 2.99. The molecule has 1 saturated heterocycles. The average molecular weight is 228 g/mol. The van der Waals surface area contributed by atoms with Gasteiger partial charge in [-0.1, -0.05) is 0 Å². The molecule has 2 rings (SSSR count). The molecule has 0 aromatic carbocycles. The third kappa shape index (κ3) is 3.46. The van der Waals surface area contributed by atoms with Gasteiger partial charge in [-0.05, 0) is 31.6 Å². The smallest absolute Gasteiger partial charge is 0.303 e. The second kappa shape index (κ2) is 5.15. The molecule has 4 nitrogen and oxygen atoms in total. The molecule has 16 heavy (non-hydrogen) atoms. The Morgan fingerprint density at radius 1 is 1.38 bits per heavy atom. The predicted molar refractivity (Wildman–Crippen MR) is 58.3 cm³/mol. The Labute approximate surface area is 95.9 Å². The van der Waals surface area contributed by atoms with Gasteiger partial charge in [0.2, 0.25) is 0 Å². The summed E-state index contributed by atoms with van der Waals surface area (Å²) in [5.41, 5.74) is -0.0308. The minimum absolute atomic E-state index is 0.0308. The highest BCUT2D eigenvalue weighted by Crippen LogP contribution is 2.49. The quantitative estimate of drug-likeness (QED) is 0.751. The SMILES string of the molecule is O=C(O)CC1(COCC2CCOCC2)CC1. The number of rotatable bonds is 6. The molecule has 0 unspecified atom stereocenters. The molecule has 92 valence electrons. The summed E-state index contributed by atoms with van der Waals surface area (Å²) < 4.78 is 11.0. The van der Waals surface area contributed by atoms with E-state index in [1.165, 1.54) is 0 Å². The van der Waals surface area contributed by atoms with Gasteiger partial charge in [-0.15, -0.1) is 0 Å². The summed E-state index contributed by atoms with van der Waals surface area (Å²) in [5, 5.41) is 8.77. The third-order valence-electron chi connectivity index (χ3n) is 3.59. The molecular formula is C12H20O4. The Kier molecular flexibility index (Phi) is 3.82. The van der Waals surface area contributed by atoms with Crippen molar-refractivity contribution in [3.63, 3.8) is 0 Å². The highest BCUT2D eigenvalue weighted by molar-refractivity contribution is 5.68. The second-order valence-corrected chi connectivity index (χ2v) is 5.14. The minimum Gasteiger partial charge on any atom is -0.481 e. The van der Waals surface area contributed by atoms with Crippen molar-refractivity contribution in [1.29, 1.82) is 0 Å². The Bertz CT molecular complexity index is 241. The summed E-state index contributed by atoms with van der Waals surface area (Å²) in [6, 6.07) is 0. The highest BCUT2D eigenvalue weighted by Gasteiger charge is 2.44. The molecule has 0 spiro atoms. The first-order chi connectivity index (χ1) is 7.70. The maximum Gasteiger partial charge on any atom is 0.303 e. The van der Waals surface area contributed by atoms with Gasteiger partial charge in [0.05, 0.1) is 13.0 Å². The van der Waals surface area contributed by atoms with Crippen molar-refractivity contribution in [3.05, 3.63) is 0 Å². The number of hydrogen-bond acceptors (Lipinski definition) is 3. The van der Waals surface area contributed by atoms with E-state index < -0.39 is 5.97 Å². The van der Waals surface area contributed by atoms with Gasteiger partial charge in [-0.25, -0.2) is 0 Å². The molecule has 0 atom stereocenters. The van der Waals surface area contributed by atoms with Gasteiger partial charge >= 0.3 is 5.97 Å². The molecule has 1 aliphatic heterocycles. The topological polar surface area (TPSA) is 55.8 Å². The van der Waals surface area contributed by atoms with E-state index in [4.69, 9.17) is 14.6 Å². The Morgan fingerprint density at radius 3 is 2.62 bits per heavy atom. The lowest BCUT2D eigenvalue weighted by Crippen LogP contribution is -2.23. The first-order valence-electron chi connectivity index (χ1n) is 6.07. The minimum atomic E-state index is -0.702. The number of carbonyl (C=O) groups is 1. The Hall–Kier alpha value is -0.610. The van der Waals surface area contributed by atoms with E-state index in [1.54, 1.807) is 0 Å². The van der Waals surface area contributed by atoms with E-state index in [9.17, 15) is 4.79 Å². The third-order valence-corrected chi connectivity index (χ3v) is 3.59. The van der Waals surface area contributed by atoms with Crippen LogP contribution < -0.4 is 0 Å². The highest BCUT2D eigenvalue weighted by atomic mass is 16.5. The zero-order valence-corrected chi connectivity index (χ0v) is 9.61. The van der Waals surface area contributed by atoms with Crippen LogP contribution >= 0.6 is 0 Å². The fourth-order valence-corrected chi connectivity index (χ4v) is 2.22. The van der Waals surface area contributed by atoms with Crippen LogP contribution in [0.3, 0.4) is 0 Å². The van der Waals surface area contributed by atoms with Crippen LogP contribution in [0.25, 0.3) is 0 Å². The number of carboxylic acid groups (broad SMARTS) is 1. The zero-order chi connectivity index (χ0) is 11.4. The van der Waals surface area contributed by atoms with Crippen molar-refractivity contribution in [2.24, 2.45) is 11.3 Å². The summed E-state index contributed by atoms with van der Waals surface area (Å²) in [5.74, 6) is -0.0958. The van der Waals surface area contributed by atoms with E-state index in [1.807, 2.05) is 0 Å². The molecule has 1 saturated carbocycles. The monoisotopic (exact) mass is 228 g/mol. The van der Waals surface area contributed by atoms with E-state index in [-0.39, 0.29) is 11.8 Å². The first-order valence-corrected chi connectivity index (χ1v) is 6.07. The van der Waals surface area contributed by atoms with Crippen LogP contribution in [0, 0.1) is 11.3 Å². The molecule has 1 N–H and O–H groups in total. The fourth-order valence-electron chi connectivity index (χ4n) is 2.22. The van der Waals surface area contributed by atoms with Crippen LogP contribution in [0.2, 0.25) is 0 Å². The van der Waals surface area contributed by atoms with Crippen LogP contribution in [-0.4, -0.2) is 37.5 Å². The van der Waals surface area contributed by atoms with Gasteiger partial charge in [0.15, 0.2) is 0 Å². The maximum absolute atomic E-state index is 10.6. The number of aliphatic carboxylic acids is 1. The molecule has 2 fully saturated rings. The van der Waals surface area contributed by atoms with Gasteiger partial charge in [-0.3, -0.25) is 4.79 Å². The van der Waals surface area contributed by atoms with Crippen LogP contribution in [-0.2, 0) is 14.3 Å². The molecular weight excluding hydrogens is 208 g/mol. The van der Waals surface area contributed by atoms with Crippen molar-refractivity contribution < 1.29 is 19.4 Å². The van der Waals surface area contributed by atoms with E-state index >= 15 is 0 Å². The van der Waals surface area contributed by atoms with Crippen molar-refractivity contribution in [3.8, 4) is 0 Å². The lowest BCUT2D eigenvalue weighted by atomic mass is 10.0. The van der Waals surface area contributed by atoms with Gasteiger partial charge in [0.1, 0.15) is 0 Å². The lowest BCUT2D eigenvalue weighted by Gasteiger charge is -2.23. The van der Waals surface area contributed by atoms with E-state index in [2.05, 4.69) is 0 Å². The number of ether oxygens (including phenoxy) is 2. The van der Waals surface area contributed by atoms with Gasteiger partial charge < -0.3 is 14.6 Å². The standard InChI is InChI=1S/C12H20O4/c13-11(14)7-12(3-4-12)9-16-8-10-1-5-15-6-2-10/h10H,1-9H2,(H,13,14). The fraction of sp³-hybridized carbons (Fsp3) is 0.917. The van der Waals surface area contributed by atoms with E-state index in [0.29, 0.717) is 12.5 Å². The van der Waals surface area contributed by atoms with Crippen LogP contribution in [0.4, 0.5) is 0 Å². The zero-order valence-electron chi connectivity index (χ0n) is 9.61. The molecule has 1 aliphatic carbocycles. The molecule has 0 bridgehead atoms. The summed E-state index contributed by atoms with van der Waals surface area (Å²) >= 11 is 0. The first kappa shape index (κ1) is 11.9. The van der Waals surface area contributed by atoms with Crippen molar-refractivity contribution in [2.75, 3.05) is 26.4 Å². The predicted octanol–water partition coefficient (Wildman–Crippen LogP) is 1.68. The molecule has 4 heteroatoms. The number of hydrogen-bond donors (Lipinski definition) is 1. The second-order valence-electron chi connectivity index (χ2n) is 5.14. The van der Waals surface area contributed by atoms with Crippen molar-refractivity contribution >= 4 is 5.97 Å². The molecule has 0 aromatic heterocycles. The summed E-state index contributed by atoms with van der Waals surface area (Å²) in [7, 11) is 0. The van der Waals surface area contributed by atoms with E-state index in [0.717, 1.165) is 45.5 Å². The van der Waals surface area contributed by atoms with Crippen molar-refractivity contribution in [1.82, 2.24) is 0 Å². The summed E-state index contributed by atoms with van der Waals surface area (Å²) in [4.78, 5) is 10.6. The lowest BCUT2D eigenvalue weighted by molar-refractivity contribution is -0.139. The normalized spacial score (nSPS) is 24.2. The molecule has 0 amide bonds. The summed E-state index contributed by atoms with van der Waals surface area (Å²) in [6.07, 6.45) is 4.43. The number of carboxylic acids is 1. The van der Waals surface area contributed by atoms with Crippen LogP contribution in [0.1, 0.15) is 32.1 Å². The van der Waals surface area contributed by atoms with Crippen LogP contribution in [0.5, 0.6) is 0 Å². The van der Waals surface area contributed by atoms with Gasteiger partial charge in [0.25, 0.3) is 0 Å². The largest absolute Gasteiger partial charge is 0.481 e. The Balaban J connectivity index is 1.62. The maximum atomic E-state index is 10.6. The van der Waals surface area contributed by atoms with Gasteiger partial charge in [0, 0.05) is 25.2 Å². The molecule has 0 aromatic rings. The van der Waals surface area contributed by atoms with Crippen LogP contribution in [0.15, 0.2) is 0 Å². The van der Waals surface area contributed by atoms with Gasteiger partial charge in [-0.2, -0.15) is 0 Å². The molecule has 0 radical (unpaired) electrons.